The lowest BCUT2D eigenvalue weighted by Gasteiger charge is -2.06. The molecule has 0 spiro atoms. The molecule has 0 fully saturated rings. The Balaban J connectivity index is 2.56. The van der Waals surface area contributed by atoms with Gasteiger partial charge < -0.3 is 5.11 Å². The number of hydrogen-bond donors (Lipinski definition) is 1. The second-order valence-corrected chi connectivity index (χ2v) is 3.37. The molecular weight excluding hydrogens is 207 g/mol. The highest BCUT2D eigenvalue weighted by atomic mass is 19.1. The van der Waals surface area contributed by atoms with Crippen LogP contribution in [0.5, 0.6) is 5.75 Å². The monoisotopic (exact) mass is 216 g/mol. The van der Waals surface area contributed by atoms with Crippen LogP contribution >= 0.6 is 0 Å². The van der Waals surface area contributed by atoms with Crippen molar-refractivity contribution in [2.24, 2.45) is 0 Å². The van der Waals surface area contributed by atoms with Gasteiger partial charge in [0, 0.05) is 5.56 Å². The predicted octanol–water partition coefficient (Wildman–Crippen LogP) is 3.01. The number of carbonyl (C=O) groups excluding carboxylic acids is 1. The summed E-state index contributed by atoms with van der Waals surface area (Å²) in [7, 11) is 0. The van der Waals surface area contributed by atoms with E-state index in [-0.39, 0.29) is 17.1 Å². The summed E-state index contributed by atoms with van der Waals surface area (Å²) in [6, 6.07) is 10.6. The van der Waals surface area contributed by atoms with Crippen molar-refractivity contribution >= 4 is 6.29 Å². The fourth-order valence-electron chi connectivity index (χ4n) is 1.52. The minimum atomic E-state index is -0.338. The van der Waals surface area contributed by atoms with Crippen molar-refractivity contribution in [3.8, 4) is 16.9 Å². The molecule has 0 bridgehead atoms. The van der Waals surface area contributed by atoms with Crippen LogP contribution in [0, 0.1) is 5.82 Å². The van der Waals surface area contributed by atoms with Crippen molar-refractivity contribution in [3.05, 3.63) is 53.8 Å². The molecule has 0 atom stereocenters. The fraction of sp³-hybridized carbons (Fsp3) is 0. The summed E-state index contributed by atoms with van der Waals surface area (Å²) < 4.78 is 12.7. The van der Waals surface area contributed by atoms with E-state index >= 15 is 0 Å². The van der Waals surface area contributed by atoms with E-state index in [1.165, 1.54) is 18.2 Å². The van der Waals surface area contributed by atoms with Gasteiger partial charge in [0.15, 0.2) is 6.29 Å². The van der Waals surface area contributed by atoms with Gasteiger partial charge in [-0.2, -0.15) is 0 Å². The summed E-state index contributed by atoms with van der Waals surface area (Å²) in [5.74, 6) is -0.418. The van der Waals surface area contributed by atoms with E-state index in [1.54, 1.807) is 24.3 Å². The number of para-hydroxylation sites is 1. The third kappa shape index (κ3) is 1.80. The van der Waals surface area contributed by atoms with Gasteiger partial charge in [-0.25, -0.2) is 4.39 Å². The molecule has 80 valence electrons. The Bertz CT molecular complexity index is 518. The molecule has 0 saturated carbocycles. The lowest BCUT2D eigenvalue weighted by atomic mass is 10.0. The molecule has 0 saturated heterocycles. The van der Waals surface area contributed by atoms with Crippen LogP contribution in [0.4, 0.5) is 4.39 Å². The van der Waals surface area contributed by atoms with E-state index in [0.717, 1.165) is 0 Å². The molecule has 2 aromatic carbocycles. The maximum atomic E-state index is 12.7. The molecular formula is C13H9FO2. The first kappa shape index (κ1) is 10.4. The van der Waals surface area contributed by atoms with Gasteiger partial charge in [-0.3, -0.25) is 4.79 Å². The van der Waals surface area contributed by atoms with Gasteiger partial charge in [-0.15, -0.1) is 0 Å². The molecule has 16 heavy (non-hydrogen) atoms. The molecule has 0 aliphatic heterocycles. The van der Waals surface area contributed by atoms with Crippen LogP contribution in [0.1, 0.15) is 10.4 Å². The van der Waals surface area contributed by atoms with Crippen molar-refractivity contribution < 1.29 is 14.3 Å². The van der Waals surface area contributed by atoms with Crippen LogP contribution in [0.15, 0.2) is 42.5 Å². The van der Waals surface area contributed by atoms with Crippen LogP contribution in [-0.4, -0.2) is 11.4 Å². The van der Waals surface area contributed by atoms with E-state index < -0.39 is 0 Å². The number of halogens is 1. The highest BCUT2D eigenvalue weighted by molar-refractivity contribution is 5.85. The summed E-state index contributed by atoms with van der Waals surface area (Å²) in [6.07, 6.45) is 0.586. The minimum Gasteiger partial charge on any atom is -0.507 e. The number of carbonyl (C=O) groups is 1. The Labute approximate surface area is 92.0 Å². The Hall–Kier alpha value is -2.16. The first-order valence-electron chi connectivity index (χ1n) is 4.75. The molecule has 2 rings (SSSR count). The maximum Gasteiger partial charge on any atom is 0.153 e. The van der Waals surface area contributed by atoms with Gasteiger partial charge in [-0.1, -0.05) is 24.3 Å². The van der Waals surface area contributed by atoms with E-state index in [1.807, 2.05) is 0 Å². The van der Waals surface area contributed by atoms with Gasteiger partial charge in [0.1, 0.15) is 11.6 Å². The molecule has 0 amide bonds. The SMILES string of the molecule is O=Cc1cccc(-c2ccc(F)cc2)c1O. The van der Waals surface area contributed by atoms with E-state index in [0.29, 0.717) is 17.4 Å². The Kier molecular flexibility index (Phi) is 2.68. The highest BCUT2D eigenvalue weighted by Crippen LogP contribution is 2.31. The number of benzene rings is 2. The van der Waals surface area contributed by atoms with Crippen molar-refractivity contribution in [1.82, 2.24) is 0 Å². The summed E-state index contributed by atoms with van der Waals surface area (Å²) >= 11 is 0. The molecule has 0 radical (unpaired) electrons. The quantitative estimate of drug-likeness (QED) is 0.783. The number of aldehydes is 1. The van der Waals surface area contributed by atoms with Crippen LogP contribution in [0.2, 0.25) is 0 Å². The Morgan fingerprint density at radius 3 is 2.38 bits per heavy atom. The maximum absolute atomic E-state index is 12.7. The molecule has 3 heteroatoms. The highest BCUT2D eigenvalue weighted by Gasteiger charge is 2.07. The third-order valence-corrected chi connectivity index (χ3v) is 2.35. The summed E-state index contributed by atoms with van der Waals surface area (Å²) in [4.78, 5) is 10.6. The van der Waals surface area contributed by atoms with Crippen molar-refractivity contribution in [3.63, 3.8) is 0 Å². The lowest BCUT2D eigenvalue weighted by molar-refractivity contribution is 0.112. The van der Waals surface area contributed by atoms with Crippen LogP contribution < -0.4 is 0 Å². The molecule has 0 aliphatic carbocycles. The van der Waals surface area contributed by atoms with Crippen LogP contribution in [0.3, 0.4) is 0 Å². The van der Waals surface area contributed by atoms with Crippen molar-refractivity contribution in [2.75, 3.05) is 0 Å². The molecule has 0 aliphatic rings. The zero-order valence-electron chi connectivity index (χ0n) is 8.35. The average molecular weight is 216 g/mol. The number of aromatic hydroxyl groups is 1. The zero-order chi connectivity index (χ0) is 11.5. The standard InChI is InChI=1S/C13H9FO2/c14-11-6-4-9(5-7-11)12-3-1-2-10(8-15)13(12)16/h1-8,16H. The predicted molar refractivity (Wildman–Crippen MR) is 58.9 cm³/mol. The molecule has 0 unspecified atom stereocenters. The van der Waals surface area contributed by atoms with Crippen molar-refractivity contribution in [1.29, 1.82) is 0 Å². The zero-order valence-corrected chi connectivity index (χ0v) is 8.35. The number of rotatable bonds is 2. The largest absolute Gasteiger partial charge is 0.507 e. The summed E-state index contributed by atoms with van der Waals surface area (Å²) in [5.41, 5.74) is 1.41. The second kappa shape index (κ2) is 4.14. The third-order valence-electron chi connectivity index (χ3n) is 2.35. The number of phenolic OH excluding ortho intramolecular Hbond substituents is 1. The second-order valence-electron chi connectivity index (χ2n) is 3.37. The average Bonchev–Trinajstić information content (AvgIpc) is 2.31. The van der Waals surface area contributed by atoms with Gasteiger partial charge >= 0.3 is 0 Å². The Morgan fingerprint density at radius 2 is 1.75 bits per heavy atom. The first-order chi connectivity index (χ1) is 7.72. The van der Waals surface area contributed by atoms with Crippen LogP contribution in [0.25, 0.3) is 11.1 Å². The van der Waals surface area contributed by atoms with Gasteiger partial charge in [0.05, 0.1) is 5.56 Å². The van der Waals surface area contributed by atoms with Gasteiger partial charge in [-0.05, 0) is 23.8 Å². The van der Waals surface area contributed by atoms with Crippen LogP contribution in [-0.2, 0) is 0 Å². The fourth-order valence-corrected chi connectivity index (χ4v) is 1.52. The molecule has 0 aromatic heterocycles. The van der Waals surface area contributed by atoms with Gasteiger partial charge in [0.25, 0.3) is 0 Å². The number of phenols is 1. The molecule has 0 heterocycles. The van der Waals surface area contributed by atoms with E-state index in [2.05, 4.69) is 0 Å². The first-order valence-corrected chi connectivity index (χ1v) is 4.75. The topological polar surface area (TPSA) is 37.3 Å². The Morgan fingerprint density at radius 1 is 1.06 bits per heavy atom. The molecule has 1 N–H and O–H groups in total. The normalized spacial score (nSPS) is 10.1. The van der Waals surface area contributed by atoms with E-state index in [9.17, 15) is 14.3 Å². The minimum absolute atomic E-state index is 0.0795. The molecule has 2 aromatic rings. The lowest BCUT2D eigenvalue weighted by Crippen LogP contribution is -1.85. The molecule has 2 nitrogen and oxygen atoms in total. The smallest absolute Gasteiger partial charge is 0.153 e. The van der Waals surface area contributed by atoms with Crippen molar-refractivity contribution in [2.45, 2.75) is 0 Å². The van der Waals surface area contributed by atoms with E-state index in [4.69, 9.17) is 0 Å². The number of hydrogen-bond acceptors (Lipinski definition) is 2. The summed E-state index contributed by atoms with van der Waals surface area (Å²) in [6.45, 7) is 0. The summed E-state index contributed by atoms with van der Waals surface area (Å²) in [5, 5.41) is 9.79. The van der Waals surface area contributed by atoms with Gasteiger partial charge in [0.2, 0.25) is 0 Å².